The minimum Gasteiger partial charge on any atom is -0.478 e. The average molecular weight is 336 g/mol. The van der Waals surface area contributed by atoms with Crippen LogP contribution in [0.3, 0.4) is 0 Å². The van der Waals surface area contributed by atoms with Gasteiger partial charge in [-0.3, -0.25) is 9.59 Å². The monoisotopic (exact) mass is 336 g/mol. The highest BCUT2D eigenvalue weighted by atomic mass is 32.1. The Morgan fingerprint density at radius 3 is 1.96 bits per heavy atom. The summed E-state index contributed by atoms with van der Waals surface area (Å²) in [4.78, 5) is 36.5. The Balaban J connectivity index is 2.06. The summed E-state index contributed by atoms with van der Waals surface area (Å²) in [5.74, 6) is -2.73. The fraction of sp³-hybridized carbons (Fsp3) is 0. The number of carbonyl (C=O) groups is 3. The molecule has 2 aromatic carbocycles. The van der Waals surface area contributed by atoms with Gasteiger partial charge in [-0.05, 0) is 5.56 Å². The second kappa shape index (κ2) is 6.60. The van der Waals surface area contributed by atoms with Crippen molar-refractivity contribution in [3.63, 3.8) is 0 Å². The fourth-order valence-electron chi connectivity index (χ4n) is 2.39. The van der Waals surface area contributed by atoms with Crippen molar-refractivity contribution >= 4 is 28.9 Å². The minimum atomic E-state index is -1.22. The molecule has 0 saturated heterocycles. The van der Waals surface area contributed by atoms with Crippen molar-refractivity contribution in [3.8, 4) is 11.1 Å². The quantitative estimate of drug-likeness (QED) is 0.560. The molecule has 0 bridgehead atoms. The molecule has 0 fully saturated rings. The van der Waals surface area contributed by atoms with E-state index in [1.807, 2.05) is 6.07 Å². The van der Waals surface area contributed by atoms with Gasteiger partial charge in [0.1, 0.15) is 0 Å². The first-order chi connectivity index (χ1) is 11.6. The molecule has 1 aromatic heterocycles. The molecule has 3 aromatic rings. The van der Waals surface area contributed by atoms with E-state index in [1.165, 1.54) is 12.1 Å². The van der Waals surface area contributed by atoms with Gasteiger partial charge in [-0.25, -0.2) is 4.79 Å². The number of hydrogen-bond donors (Lipinski definition) is 1. The number of thiophene rings is 1. The third-order valence-corrected chi connectivity index (χ3v) is 4.52. The Labute approximate surface area is 142 Å². The summed E-state index contributed by atoms with van der Waals surface area (Å²) < 4.78 is 0. The number of benzene rings is 2. The molecule has 0 radical (unpaired) electrons. The normalized spacial score (nSPS) is 10.3. The molecule has 3 rings (SSSR count). The summed E-state index contributed by atoms with van der Waals surface area (Å²) in [5, 5.41) is 11.1. The number of Topliss-reactive ketones (excluding diaryl/α,β-unsaturated/α-hetero) is 2. The molecule has 5 heteroatoms. The van der Waals surface area contributed by atoms with Crippen LogP contribution in [0.5, 0.6) is 0 Å². The molecule has 0 spiro atoms. The standard InChI is InChI=1S/C19H12O4S/c20-16(13-9-5-2-6-10-13)17(21)18-15(19(22)23)14(11-24-18)12-7-3-1-4-8-12/h1-11H,(H,22,23). The van der Waals surface area contributed by atoms with Crippen molar-refractivity contribution in [1.29, 1.82) is 0 Å². The summed E-state index contributed by atoms with van der Waals surface area (Å²) in [7, 11) is 0. The highest BCUT2D eigenvalue weighted by molar-refractivity contribution is 7.14. The molecule has 0 unspecified atom stereocenters. The predicted octanol–water partition coefficient (Wildman–Crippen LogP) is 4.18. The molecule has 0 aliphatic heterocycles. The van der Waals surface area contributed by atoms with Gasteiger partial charge in [0.25, 0.3) is 0 Å². The number of carboxylic acids is 1. The van der Waals surface area contributed by atoms with Crippen LogP contribution >= 0.6 is 11.3 Å². The zero-order valence-corrected chi connectivity index (χ0v) is 13.2. The zero-order valence-electron chi connectivity index (χ0n) is 12.4. The van der Waals surface area contributed by atoms with E-state index in [0.29, 0.717) is 11.1 Å². The largest absolute Gasteiger partial charge is 0.478 e. The molecule has 1 heterocycles. The molecular formula is C19H12O4S. The van der Waals surface area contributed by atoms with E-state index >= 15 is 0 Å². The van der Waals surface area contributed by atoms with E-state index in [4.69, 9.17) is 0 Å². The second-order valence-corrected chi connectivity index (χ2v) is 5.93. The Morgan fingerprint density at radius 2 is 1.38 bits per heavy atom. The van der Waals surface area contributed by atoms with Crippen LogP contribution in [0.2, 0.25) is 0 Å². The maximum absolute atomic E-state index is 12.5. The number of aromatic carboxylic acids is 1. The molecule has 1 N–H and O–H groups in total. The lowest BCUT2D eigenvalue weighted by molar-refractivity contribution is 0.0693. The van der Waals surface area contributed by atoms with Gasteiger partial charge in [-0.15, -0.1) is 11.3 Å². The van der Waals surface area contributed by atoms with Crippen molar-refractivity contribution in [2.45, 2.75) is 0 Å². The molecule has 0 saturated carbocycles. The minimum absolute atomic E-state index is 0.0461. The lowest BCUT2D eigenvalue weighted by Gasteiger charge is -2.03. The van der Waals surface area contributed by atoms with Gasteiger partial charge in [0.15, 0.2) is 0 Å². The van der Waals surface area contributed by atoms with Crippen LogP contribution in [0.1, 0.15) is 30.4 Å². The zero-order chi connectivity index (χ0) is 17.1. The highest BCUT2D eigenvalue weighted by Crippen LogP contribution is 2.32. The summed E-state index contributed by atoms with van der Waals surface area (Å²) in [6.07, 6.45) is 0. The van der Waals surface area contributed by atoms with Crippen LogP contribution in [-0.4, -0.2) is 22.6 Å². The van der Waals surface area contributed by atoms with Gasteiger partial charge < -0.3 is 5.11 Å². The number of carbonyl (C=O) groups excluding carboxylic acids is 2. The summed E-state index contributed by atoms with van der Waals surface area (Å²) >= 11 is 0.979. The summed E-state index contributed by atoms with van der Waals surface area (Å²) in [5.41, 5.74) is 1.25. The van der Waals surface area contributed by atoms with Crippen LogP contribution < -0.4 is 0 Å². The predicted molar refractivity (Wildman–Crippen MR) is 91.8 cm³/mol. The van der Waals surface area contributed by atoms with E-state index < -0.39 is 17.5 Å². The van der Waals surface area contributed by atoms with Crippen LogP contribution in [0, 0.1) is 0 Å². The van der Waals surface area contributed by atoms with E-state index in [9.17, 15) is 19.5 Å². The van der Waals surface area contributed by atoms with Crippen LogP contribution in [-0.2, 0) is 0 Å². The van der Waals surface area contributed by atoms with Gasteiger partial charge in [0.2, 0.25) is 11.6 Å². The second-order valence-electron chi connectivity index (χ2n) is 5.05. The van der Waals surface area contributed by atoms with Crippen LogP contribution in [0.4, 0.5) is 0 Å². The van der Waals surface area contributed by atoms with Gasteiger partial charge in [0, 0.05) is 16.5 Å². The first-order valence-electron chi connectivity index (χ1n) is 7.14. The molecular weight excluding hydrogens is 324 g/mol. The van der Waals surface area contributed by atoms with Crippen molar-refractivity contribution < 1.29 is 19.5 Å². The third kappa shape index (κ3) is 2.89. The van der Waals surface area contributed by atoms with Crippen molar-refractivity contribution in [1.82, 2.24) is 0 Å². The Bertz CT molecular complexity index is 911. The molecule has 0 aliphatic rings. The van der Waals surface area contributed by atoms with Crippen molar-refractivity contribution in [3.05, 3.63) is 82.0 Å². The average Bonchev–Trinajstić information content (AvgIpc) is 3.07. The lowest BCUT2D eigenvalue weighted by atomic mass is 9.99. The van der Waals surface area contributed by atoms with E-state index in [1.54, 1.807) is 47.8 Å². The fourth-order valence-corrected chi connectivity index (χ4v) is 3.40. The number of hydrogen-bond acceptors (Lipinski definition) is 4. The Hall–Kier alpha value is -3.05. The Morgan fingerprint density at radius 1 is 0.792 bits per heavy atom. The number of rotatable bonds is 5. The van der Waals surface area contributed by atoms with Gasteiger partial charge in [0.05, 0.1) is 10.4 Å². The maximum atomic E-state index is 12.5. The van der Waals surface area contributed by atoms with Crippen LogP contribution in [0.25, 0.3) is 11.1 Å². The first-order valence-corrected chi connectivity index (χ1v) is 8.02. The van der Waals surface area contributed by atoms with E-state index in [0.717, 1.165) is 11.3 Å². The van der Waals surface area contributed by atoms with E-state index in [-0.39, 0.29) is 16.0 Å². The smallest absolute Gasteiger partial charge is 0.337 e. The first kappa shape index (κ1) is 15.8. The van der Waals surface area contributed by atoms with Gasteiger partial charge in [-0.1, -0.05) is 60.7 Å². The Kier molecular flexibility index (Phi) is 4.35. The summed E-state index contributed by atoms with van der Waals surface area (Å²) in [6, 6.07) is 17.0. The van der Waals surface area contributed by atoms with Crippen molar-refractivity contribution in [2.75, 3.05) is 0 Å². The number of carboxylic acid groups (broad SMARTS) is 1. The van der Waals surface area contributed by atoms with Gasteiger partial charge in [-0.2, -0.15) is 0 Å². The summed E-state index contributed by atoms with van der Waals surface area (Å²) in [6.45, 7) is 0. The lowest BCUT2D eigenvalue weighted by Crippen LogP contribution is -2.16. The van der Waals surface area contributed by atoms with Crippen LogP contribution in [0.15, 0.2) is 66.0 Å². The van der Waals surface area contributed by atoms with E-state index in [2.05, 4.69) is 0 Å². The maximum Gasteiger partial charge on any atom is 0.337 e. The van der Waals surface area contributed by atoms with Crippen molar-refractivity contribution in [2.24, 2.45) is 0 Å². The SMILES string of the molecule is O=C(C(=O)c1scc(-c2ccccc2)c1C(=O)O)c1ccccc1. The topological polar surface area (TPSA) is 71.4 Å². The third-order valence-electron chi connectivity index (χ3n) is 3.54. The number of ketones is 2. The molecule has 4 nitrogen and oxygen atoms in total. The van der Waals surface area contributed by atoms with Gasteiger partial charge >= 0.3 is 5.97 Å². The molecule has 0 aliphatic carbocycles. The molecule has 0 atom stereocenters. The molecule has 24 heavy (non-hydrogen) atoms. The highest BCUT2D eigenvalue weighted by Gasteiger charge is 2.28. The molecule has 118 valence electrons. The molecule has 0 amide bonds.